The molecule has 2 N–H and O–H groups in total. The fraction of sp³-hybridized carbons (Fsp3) is 0.364. The molecular weight excluding hydrogens is 176 g/mol. The Labute approximate surface area is 83.5 Å². The number of nitrogens with one attached hydrogen (secondary N) is 2. The summed E-state index contributed by atoms with van der Waals surface area (Å²) >= 11 is 0. The average molecular weight is 190 g/mol. The molecule has 1 aliphatic rings. The van der Waals surface area contributed by atoms with Crippen LogP contribution >= 0.6 is 0 Å². The molecule has 14 heavy (non-hydrogen) atoms. The van der Waals surface area contributed by atoms with Crippen LogP contribution in [0.5, 0.6) is 0 Å². The minimum absolute atomic E-state index is 0.0348. The number of amides is 1. The third kappa shape index (κ3) is 1.63. The number of anilines is 1. The second-order valence-electron chi connectivity index (χ2n) is 3.75. The summed E-state index contributed by atoms with van der Waals surface area (Å²) in [6.07, 6.45) is 0. The summed E-state index contributed by atoms with van der Waals surface area (Å²) in [5.41, 5.74) is 3.30. The minimum Gasteiger partial charge on any atom is -0.324 e. The lowest BCUT2D eigenvalue weighted by atomic mass is 10.1. The smallest absolute Gasteiger partial charge is 0.241 e. The third-order valence-corrected chi connectivity index (χ3v) is 2.51. The highest BCUT2D eigenvalue weighted by Gasteiger charge is 2.18. The molecule has 0 aliphatic carbocycles. The Morgan fingerprint density at radius 3 is 3.00 bits per heavy atom. The van der Waals surface area contributed by atoms with Gasteiger partial charge in [0.1, 0.15) is 0 Å². The summed E-state index contributed by atoms with van der Waals surface area (Å²) in [6.45, 7) is 4.67. The highest BCUT2D eigenvalue weighted by molar-refractivity contribution is 5.95. The van der Waals surface area contributed by atoms with Crippen LogP contribution < -0.4 is 10.6 Å². The molecule has 1 aromatic rings. The maximum Gasteiger partial charge on any atom is 0.241 e. The van der Waals surface area contributed by atoms with Crippen LogP contribution in [-0.4, -0.2) is 11.9 Å². The van der Waals surface area contributed by atoms with Crippen LogP contribution in [0.2, 0.25) is 0 Å². The van der Waals surface area contributed by atoms with Crippen LogP contribution in [0, 0.1) is 6.92 Å². The maximum atomic E-state index is 11.5. The molecule has 0 aromatic heterocycles. The van der Waals surface area contributed by atoms with Gasteiger partial charge >= 0.3 is 0 Å². The van der Waals surface area contributed by atoms with E-state index < -0.39 is 0 Å². The zero-order valence-electron chi connectivity index (χ0n) is 8.42. The van der Waals surface area contributed by atoms with Gasteiger partial charge in [-0.05, 0) is 25.5 Å². The molecule has 2 rings (SSSR count). The first-order valence-corrected chi connectivity index (χ1v) is 4.80. The summed E-state index contributed by atoms with van der Waals surface area (Å²) < 4.78 is 0. The van der Waals surface area contributed by atoms with Crippen LogP contribution in [0.1, 0.15) is 18.1 Å². The lowest BCUT2D eigenvalue weighted by molar-refractivity contribution is -0.117. The van der Waals surface area contributed by atoms with Gasteiger partial charge in [0.15, 0.2) is 0 Å². The van der Waals surface area contributed by atoms with Crippen LogP contribution in [0.15, 0.2) is 18.2 Å². The van der Waals surface area contributed by atoms with E-state index in [1.54, 1.807) is 0 Å². The van der Waals surface area contributed by atoms with Crippen LogP contribution in [0.3, 0.4) is 0 Å². The van der Waals surface area contributed by atoms with E-state index in [2.05, 4.69) is 23.6 Å². The van der Waals surface area contributed by atoms with E-state index in [1.807, 2.05) is 19.1 Å². The zero-order valence-corrected chi connectivity index (χ0v) is 8.42. The molecule has 0 saturated carbocycles. The van der Waals surface area contributed by atoms with Gasteiger partial charge in [-0.25, -0.2) is 0 Å². The second kappa shape index (κ2) is 3.42. The lowest BCUT2D eigenvalue weighted by Gasteiger charge is -2.06. The van der Waals surface area contributed by atoms with Crippen molar-refractivity contribution in [2.75, 3.05) is 5.32 Å². The SMILES string of the molecule is Cc1ccc2c(c1)CNC(C)C(=O)N2. The molecule has 0 spiro atoms. The largest absolute Gasteiger partial charge is 0.324 e. The van der Waals surface area contributed by atoms with Crippen LogP contribution in [0.25, 0.3) is 0 Å². The van der Waals surface area contributed by atoms with Crippen LogP contribution in [0.4, 0.5) is 5.69 Å². The molecule has 1 unspecified atom stereocenters. The molecule has 1 atom stereocenters. The number of aryl methyl sites for hydroxylation is 1. The molecule has 0 saturated heterocycles. The Morgan fingerprint density at radius 2 is 2.21 bits per heavy atom. The number of carbonyl (C=O) groups excluding carboxylic acids is 1. The first-order chi connectivity index (χ1) is 6.66. The molecule has 0 bridgehead atoms. The van der Waals surface area contributed by atoms with Crippen molar-refractivity contribution in [1.29, 1.82) is 0 Å². The molecule has 1 amide bonds. The number of hydrogen-bond acceptors (Lipinski definition) is 2. The first-order valence-electron chi connectivity index (χ1n) is 4.80. The number of benzene rings is 1. The van der Waals surface area contributed by atoms with Gasteiger partial charge in [0.25, 0.3) is 0 Å². The van der Waals surface area contributed by atoms with Gasteiger partial charge in [0.05, 0.1) is 6.04 Å². The topological polar surface area (TPSA) is 41.1 Å². The Balaban J connectivity index is 2.37. The first kappa shape index (κ1) is 9.21. The highest BCUT2D eigenvalue weighted by atomic mass is 16.2. The Bertz CT molecular complexity index is 374. The van der Waals surface area contributed by atoms with E-state index in [9.17, 15) is 4.79 Å². The van der Waals surface area contributed by atoms with Gasteiger partial charge in [-0.1, -0.05) is 17.7 Å². The number of rotatable bonds is 0. The Kier molecular flexibility index (Phi) is 2.25. The van der Waals surface area contributed by atoms with E-state index >= 15 is 0 Å². The van der Waals surface area contributed by atoms with E-state index in [4.69, 9.17) is 0 Å². The monoisotopic (exact) mass is 190 g/mol. The normalized spacial score (nSPS) is 21.0. The summed E-state index contributed by atoms with van der Waals surface area (Å²) in [4.78, 5) is 11.5. The molecule has 0 radical (unpaired) electrons. The molecule has 1 aliphatic heterocycles. The van der Waals surface area contributed by atoms with Crippen LogP contribution in [-0.2, 0) is 11.3 Å². The molecule has 3 heteroatoms. The van der Waals surface area contributed by atoms with E-state index in [-0.39, 0.29) is 11.9 Å². The fourth-order valence-corrected chi connectivity index (χ4v) is 1.59. The van der Waals surface area contributed by atoms with Crippen molar-refractivity contribution in [3.05, 3.63) is 29.3 Å². The minimum atomic E-state index is -0.122. The van der Waals surface area contributed by atoms with E-state index in [0.717, 1.165) is 17.8 Å². The summed E-state index contributed by atoms with van der Waals surface area (Å²) in [5, 5.41) is 6.06. The van der Waals surface area contributed by atoms with E-state index in [1.165, 1.54) is 5.56 Å². The fourth-order valence-electron chi connectivity index (χ4n) is 1.59. The van der Waals surface area contributed by atoms with Crippen molar-refractivity contribution in [2.45, 2.75) is 26.4 Å². The standard InChI is InChI=1S/C11H14N2O/c1-7-3-4-10-9(5-7)6-12-8(2)11(14)13-10/h3-5,8,12H,6H2,1-2H3,(H,13,14). The maximum absolute atomic E-state index is 11.5. The van der Waals surface area contributed by atoms with Crippen molar-refractivity contribution >= 4 is 11.6 Å². The van der Waals surface area contributed by atoms with Gasteiger partial charge in [0.2, 0.25) is 5.91 Å². The molecule has 1 heterocycles. The summed E-state index contributed by atoms with van der Waals surface area (Å²) in [6, 6.07) is 5.95. The zero-order chi connectivity index (χ0) is 10.1. The highest BCUT2D eigenvalue weighted by Crippen LogP contribution is 2.19. The number of hydrogen-bond donors (Lipinski definition) is 2. The van der Waals surface area contributed by atoms with Gasteiger partial charge in [-0.2, -0.15) is 0 Å². The second-order valence-corrected chi connectivity index (χ2v) is 3.75. The third-order valence-electron chi connectivity index (χ3n) is 2.51. The number of fused-ring (bicyclic) bond motifs is 1. The average Bonchev–Trinajstić information content (AvgIpc) is 2.29. The Hall–Kier alpha value is -1.35. The molecule has 0 fully saturated rings. The van der Waals surface area contributed by atoms with Gasteiger partial charge in [-0.15, -0.1) is 0 Å². The molecule has 74 valence electrons. The van der Waals surface area contributed by atoms with Crippen molar-refractivity contribution in [3.8, 4) is 0 Å². The van der Waals surface area contributed by atoms with Gasteiger partial charge < -0.3 is 10.6 Å². The van der Waals surface area contributed by atoms with Crippen molar-refractivity contribution < 1.29 is 4.79 Å². The molecule has 1 aromatic carbocycles. The summed E-state index contributed by atoms with van der Waals surface area (Å²) in [5.74, 6) is 0.0348. The van der Waals surface area contributed by atoms with Gasteiger partial charge in [-0.3, -0.25) is 4.79 Å². The van der Waals surface area contributed by atoms with Crippen molar-refractivity contribution in [2.24, 2.45) is 0 Å². The molecular formula is C11H14N2O. The summed E-state index contributed by atoms with van der Waals surface area (Å²) in [7, 11) is 0. The quantitative estimate of drug-likeness (QED) is 0.649. The molecule has 3 nitrogen and oxygen atoms in total. The number of carbonyl (C=O) groups is 1. The van der Waals surface area contributed by atoms with Gasteiger partial charge in [0, 0.05) is 12.2 Å². The Morgan fingerprint density at radius 1 is 1.43 bits per heavy atom. The van der Waals surface area contributed by atoms with Crippen molar-refractivity contribution in [1.82, 2.24) is 5.32 Å². The predicted octanol–water partition coefficient (Wildman–Crippen LogP) is 1.43. The van der Waals surface area contributed by atoms with Crippen molar-refractivity contribution in [3.63, 3.8) is 0 Å². The van der Waals surface area contributed by atoms with E-state index in [0.29, 0.717) is 0 Å². The lowest BCUT2D eigenvalue weighted by Crippen LogP contribution is -2.34. The predicted molar refractivity (Wildman–Crippen MR) is 56.1 cm³/mol.